The van der Waals surface area contributed by atoms with Gasteiger partial charge in [0.15, 0.2) is 5.82 Å². The minimum atomic E-state index is -0.681. The second-order valence-electron chi connectivity index (χ2n) is 9.16. The number of H-pyrrole nitrogens is 1. The maximum absolute atomic E-state index is 13.4. The molecular formula is C25H31ClN4O. The number of ketones is 1. The monoisotopic (exact) mass is 438 g/mol. The van der Waals surface area contributed by atoms with Gasteiger partial charge in [-0.15, -0.1) is 0 Å². The van der Waals surface area contributed by atoms with Gasteiger partial charge in [0.2, 0.25) is 5.78 Å². The largest absolute Gasteiger partial charge is 0.365 e. The summed E-state index contributed by atoms with van der Waals surface area (Å²) in [6, 6.07) is 12.4. The van der Waals surface area contributed by atoms with Crippen molar-refractivity contribution in [3.63, 3.8) is 0 Å². The third-order valence-electron chi connectivity index (χ3n) is 6.57. The van der Waals surface area contributed by atoms with E-state index < -0.39 is 5.41 Å². The molecule has 164 valence electrons. The topological polar surface area (TPSA) is 52.2 Å². The number of carbonyl (C=O) groups excluding carboxylic acids is 1. The SMILES string of the molecule is CCN1CCN(c2cc3nc(C(=O)C(C)(C)c4ccc(C)cc4)[nH]c3cc2Cl)[C@@H](C)C1. The summed E-state index contributed by atoms with van der Waals surface area (Å²) in [7, 11) is 0. The van der Waals surface area contributed by atoms with Crippen molar-refractivity contribution in [3.8, 4) is 0 Å². The Morgan fingerprint density at radius 2 is 1.94 bits per heavy atom. The fraction of sp³-hybridized carbons (Fsp3) is 0.440. The van der Waals surface area contributed by atoms with Gasteiger partial charge in [0.25, 0.3) is 0 Å². The van der Waals surface area contributed by atoms with Crippen molar-refractivity contribution in [3.05, 3.63) is 58.4 Å². The van der Waals surface area contributed by atoms with Crippen LogP contribution in [0.5, 0.6) is 0 Å². The van der Waals surface area contributed by atoms with Crippen molar-refractivity contribution in [1.29, 1.82) is 0 Å². The van der Waals surface area contributed by atoms with Gasteiger partial charge in [-0.25, -0.2) is 4.98 Å². The first-order valence-corrected chi connectivity index (χ1v) is 11.4. The fourth-order valence-corrected chi connectivity index (χ4v) is 4.69. The summed E-state index contributed by atoms with van der Waals surface area (Å²) in [6.45, 7) is 14.4. The zero-order valence-corrected chi connectivity index (χ0v) is 19.8. The van der Waals surface area contributed by atoms with Crippen LogP contribution in [0.1, 0.15) is 49.4 Å². The highest BCUT2D eigenvalue weighted by Crippen LogP contribution is 2.34. The molecule has 2 heterocycles. The number of fused-ring (bicyclic) bond motifs is 1. The highest BCUT2D eigenvalue weighted by atomic mass is 35.5. The molecule has 1 N–H and O–H groups in total. The van der Waals surface area contributed by atoms with E-state index in [1.807, 2.05) is 57.2 Å². The Bertz CT molecular complexity index is 1100. The number of imidazole rings is 1. The van der Waals surface area contributed by atoms with Gasteiger partial charge in [0.05, 0.1) is 27.2 Å². The zero-order valence-electron chi connectivity index (χ0n) is 19.0. The van der Waals surface area contributed by atoms with Crippen molar-refractivity contribution in [2.75, 3.05) is 31.1 Å². The first-order chi connectivity index (χ1) is 14.7. The molecule has 6 heteroatoms. The van der Waals surface area contributed by atoms with E-state index >= 15 is 0 Å². The number of aryl methyl sites for hydroxylation is 1. The number of aromatic nitrogens is 2. The minimum Gasteiger partial charge on any atom is -0.365 e. The summed E-state index contributed by atoms with van der Waals surface area (Å²) in [4.78, 5) is 26.1. The second kappa shape index (κ2) is 8.29. The van der Waals surface area contributed by atoms with Crippen LogP contribution in [0.15, 0.2) is 36.4 Å². The highest BCUT2D eigenvalue weighted by molar-refractivity contribution is 6.34. The summed E-state index contributed by atoms with van der Waals surface area (Å²) < 4.78 is 0. The summed E-state index contributed by atoms with van der Waals surface area (Å²) in [5.41, 5.74) is 4.01. The van der Waals surface area contributed by atoms with Crippen LogP contribution in [0.25, 0.3) is 11.0 Å². The Balaban J connectivity index is 1.65. The lowest BCUT2D eigenvalue weighted by molar-refractivity contribution is 0.0899. The fourth-order valence-electron chi connectivity index (χ4n) is 4.42. The summed E-state index contributed by atoms with van der Waals surface area (Å²) >= 11 is 6.67. The van der Waals surface area contributed by atoms with Crippen LogP contribution >= 0.6 is 11.6 Å². The number of likely N-dealkylation sites (N-methyl/N-ethyl adjacent to an activating group) is 1. The van der Waals surface area contributed by atoms with Crippen molar-refractivity contribution in [2.45, 2.75) is 46.1 Å². The molecular weight excluding hydrogens is 408 g/mol. The van der Waals surface area contributed by atoms with E-state index in [0.717, 1.165) is 48.5 Å². The van der Waals surface area contributed by atoms with Gasteiger partial charge in [-0.1, -0.05) is 48.4 Å². The Labute approximate surface area is 189 Å². The molecule has 1 aliphatic heterocycles. The Kier molecular flexibility index (Phi) is 5.84. The molecule has 0 spiro atoms. The first kappa shape index (κ1) is 21.8. The van der Waals surface area contributed by atoms with E-state index in [0.29, 0.717) is 16.9 Å². The summed E-state index contributed by atoms with van der Waals surface area (Å²) in [5, 5.41) is 0.685. The third-order valence-corrected chi connectivity index (χ3v) is 6.88. The van der Waals surface area contributed by atoms with E-state index in [4.69, 9.17) is 11.6 Å². The number of hydrogen-bond acceptors (Lipinski definition) is 4. The molecule has 1 saturated heterocycles. The number of aromatic amines is 1. The van der Waals surface area contributed by atoms with Crippen LogP contribution in [-0.4, -0.2) is 52.9 Å². The van der Waals surface area contributed by atoms with Crippen molar-refractivity contribution in [2.24, 2.45) is 0 Å². The first-order valence-electron chi connectivity index (χ1n) is 11.0. The van der Waals surface area contributed by atoms with Crippen LogP contribution in [0.3, 0.4) is 0 Å². The van der Waals surface area contributed by atoms with E-state index in [-0.39, 0.29) is 5.78 Å². The number of benzene rings is 2. The number of carbonyl (C=O) groups is 1. The molecule has 0 radical (unpaired) electrons. The molecule has 2 aromatic carbocycles. The maximum atomic E-state index is 13.4. The minimum absolute atomic E-state index is 0.0323. The number of piperazine rings is 1. The molecule has 0 saturated carbocycles. The van der Waals surface area contributed by atoms with E-state index in [1.165, 1.54) is 5.56 Å². The molecule has 1 atom stereocenters. The van der Waals surface area contributed by atoms with Crippen LogP contribution in [0.4, 0.5) is 5.69 Å². The summed E-state index contributed by atoms with van der Waals surface area (Å²) in [5.74, 6) is 0.341. The standard InChI is InChI=1S/C25H31ClN4O/c1-6-29-11-12-30(17(3)15-29)22-14-21-20(13-19(22)26)27-24(28-21)23(31)25(4,5)18-9-7-16(2)8-10-18/h7-10,13-14,17H,6,11-12,15H2,1-5H3,(H,27,28)/t17-/m0/s1. The van der Waals surface area contributed by atoms with E-state index in [1.54, 1.807) is 0 Å². The molecule has 0 bridgehead atoms. The van der Waals surface area contributed by atoms with Crippen molar-refractivity contribution < 1.29 is 4.79 Å². The predicted octanol–water partition coefficient (Wildman–Crippen LogP) is 5.22. The van der Waals surface area contributed by atoms with Crippen LogP contribution in [0.2, 0.25) is 5.02 Å². The number of nitrogens with zero attached hydrogens (tertiary/aromatic N) is 3. The normalized spacial score (nSPS) is 18.0. The molecule has 0 aliphatic carbocycles. The lowest BCUT2D eigenvalue weighted by Crippen LogP contribution is -2.51. The number of halogens is 1. The number of Topliss-reactive ketones (excluding diaryl/α,β-unsaturated/α-hetero) is 1. The van der Waals surface area contributed by atoms with Gasteiger partial charge in [-0.2, -0.15) is 0 Å². The van der Waals surface area contributed by atoms with Gasteiger partial charge >= 0.3 is 0 Å². The summed E-state index contributed by atoms with van der Waals surface area (Å²) in [6.07, 6.45) is 0. The lowest BCUT2D eigenvalue weighted by atomic mass is 9.80. The van der Waals surface area contributed by atoms with Gasteiger partial charge in [-0.3, -0.25) is 9.69 Å². The third kappa shape index (κ3) is 4.09. The number of rotatable bonds is 5. The number of hydrogen-bond donors (Lipinski definition) is 1. The van der Waals surface area contributed by atoms with Gasteiger partial charge in [0, 0.05) is 25.7 Å². The average Bonchev–Trinajstić information content (AvgIpc) is 3.15. The van der Waals surface area contributed by atoms with Gasteiger partial charge in [0.1, 0.15) is 0 Å². The average molecular weight is 439 g/mol. The van der Waals surface area contributed by atoms with E-state index in [2.05, 4.69) is 33.6 Å². The highest BCUT2D eigenvalue weighted by Gasteiger charge is 2.33. The second-order valence-corrected chi connectivity index (χ2v) is 9.57. The molecule has 0 amide bonds. The zero-order chi connectivity index (χ0) is 22.3. The Hall–Kier alpha value is -2.37. The lowest BCUT2D eigenvalue weighted by Gasteiger charge is -2.41. The number of anilines is 1. The Morgan fingerprint density at radius 3 is 2.58 bits per heavy atom. The molecule has 1 aromatic heterocycles. The quantitative estimate of drug-likeness (QED) is 0.555. The van der Waals surface area contributed by atoms with Crippen molar-refractivity contribution >= 4 is 34.1 Å². The Morgan fingerprint density at radius 1 is 1.23 bits per heavy atom. The van der Waals surface area contributed by atoms with Gasteiger partial charge in [-0.05, 0) is 51.9 Å². The van der Waals surface area contributed by atoms with Crippen LogP contribution < -0.4 is 4.90 Å². The smallest absolute Gasteiger partial charge is 0.207 e. The predicted molar refractivity (Wildman–Crippen MR) is 129 cm³/mol. The molecule has 1 fully saturated rings. The van der Waals surface area contributed by atoms with Crippen molar-refractivity contribution in [1.82, 2.24) is 14.9 Å². The molecule has 5 nitrogen and oxygen atoms in total. The number of nitrogens with one attached hydrogen (secondary N) is 1. The molecule has 1 aliphatic rings. The molecule has 0 unspecified atom stereocenters. The molecule has 31 heavy (non-hydrogen) atoms. The molecule has 4 rings (SSSR count). The van der Waals surface area contributed by atoms with Crippen LogP contribution in [-0.2, 0) is 5.41 Å². The van der Waals surface area contributed by atoms with E-state index in [9.17, 15) is 4.79 Å². The van der Waals surface area contributed by atoms with Crippen LogP contribution in [0, 0.1) is 6.92 Å². The van der Waals surface area contributed by atoms with Gasteiger partial charge < -0.3 is 9.88 Å². The maximum Gasteiger partial charge on any atom is 0.207 e. The molecule has 3 aromatic rings.